The Balaban J connectivity index is 1.29. The number of carbonyl (C=O) groups is 2. The van der Waals surface area contributed by atoms with E-state index in [0.29, 0.717) is 18.7 Å². The van der Waals surface area contributed by atoms with E-state index in [1.165, 1.54) is 23.4 Å². The Hall–Kier alpha value is -4.46. The standard InChI is InChI=1S/C39H45N3O4/c1-45-37-20-18-32(19-21-37)30-46-38(44)42(28-29-43)40-31-39(35-14-7-3-8-15-35,36-16-9-4-10-17-36)24-11-25-41-26-22-34(23-27-41)33-12-5-2-6-13-33/h2-10,12-21,29,34,40H,11,22-28,30-31H2,1H3. The van der Waals surface area contributed by atoms with E-state index in [2.05, 4.69) is 89.2 Å². The SMILES string of the molecule is COc1ccc(COC(=O)N(CC=O)NCC(CCCN2CCC(c3ccccc3)CC2)(c2ccccc2)c2ccccc2)cc1. The van der Waals surface area contributed by atoms with Crippen LogP contribution in [0.5, 0.6) is 5.75 Å². The maximum Gasteiger partial charge on any atom is 0.424 e. The van der Waals surface area contributed by atoms with Crippen molar-refractivity contribution in [3.8, 4) is 5.75 Å². The third-order valence-electron chi connectivity index (χ3n) is 9.16. The number of piperidine rings is 1. The third kappa shape index (κ3) is 8.62. The maximum absolute atomic E-state index is 13.2. The van der Waals surface area contributed by atoms with Gasteiger partial charge in [-0.2, -0.15) is 0 Å². The molecule has 1 saturated heterocycles. The molecule has 0 spiro atoms. The molecule has 5 rings (SSSR count). The first-order valence-electron chi connectivity index (χ1n) is 16.2. The van der Waals surface area contributed by atoms with Gasteiger partial charge < -0.3 is 19.2 Å². The molecule has 1 aliphatic rings. The molecule has 1 aliphatic heterocycles. The Labute approximate surface area is 273 Å². The van der Waals surface area contributed by atoms with Gasteiger partial charge in [0, 0.05) is 12.0 Å². The van der Waals surface area contributed by atoms with Gasteiger partial charge in [0.1, 0.15) is 18.6 Å². The topological polar surface area (TPSA) is 71.1 Å². The summed E-state index contributed by atoms with van der Waals surface area (Å²) >= 11 is 0. The molecule has 1 amide bonds. The van der Waals surface area contributed by atoms with Crippen molar-refractivity contribution in [1.82, 2.24) is 15.3 Å². The minimum atomic E-state index is -0.598. The molecule has 240 valence electrons. The van der Waals surface area contributed by atoms with Crippen LogP contribution in [0.2, 0.25) is 0 Å². The summed E-state index contributed by atoms with van der Waals surface area (Å²) in [5.74, 6) is 1.36. The van der Waals surface area contributed by atoms with Crippen LogP contribution in [0.25, 0.3) is 0 Å². The fraction of sp³-hybridized carbons (Fsp3) is 0.333. The Bertz CT molecular complexity index is 1430. The summed E-state index contributed by atoms with van der Waals surface area (Å²) < 4.78 is 10.8. The quantitative estimate of drug-likeness (QED) is 0.114. The number of hydrogen-bond donors (Lipinski definition) is 1. The van der Waals surface area contributed by atoms with Crippen LogP contribution in [0.1, 0.15) is 53.9 Å². The first kappa shape index (κ1) is 32.9. The second-order valence-corrected chi connectivity index (χ2v) is 12.0. The average Bonchev–Trinajstić information content (AvgIpc) is 3.13. The van der Waals surface area contributed by atoms with Crippen molar-refractivity contribution in [3.63, 3.8) is 0 Å². The largest absolute Gasteiger partial charge is 0.497 e. The number of amides is 1. The summed E-state index contributed by atoms with van der Waals surface area (Å²) in [7, 11) is 1.61. The highest BCUT2D eigenvalue weighted by Crippen LogP contribution is 2.37. The number of aldehydes is 1. The van der Waals surface area contributed by atoms with Crippen LogP contribution in [0.15, 0.2) is 115 Å². The van der Waals surface area contributed by atoms with Gasteiger partial charge in [-0.1, -0.05) is 103 Å². The third-order valence-corrected chi connectivity index (χ3v) is 9.16. The number of carbonyl (C=O) groups excluding carboxylic acids is 2. The van der Waals surface area contributed by atoms with Gasteiger partial charge in [-0.25, -0.2) is 15.2 Å². The summed E-state index contributed by atoms with van der Waals surface area (Å²) in [4.78, 5) is 27.5. The van der Waals surface area contributed by atoms with Crippen molar-refractivity contribution in [2.75, 3.05) is 39.8 Å². The molecule has 1 heterocycles. The molecule has 1 fully saturated rings. The fourth-order valence-electron chi connectivity index (χ4n) is 6.54. The van der Waals surface area contributed by atoms with Crippen molar-refractivity contribution < 1.29 is 19.1 Å². The number of nitrogens with one attached hydrogen (secondary N) is 1. The zero-order valence-corrected chi connectivity index (χ0v) is 26.7. The average molecular weight is 620 g/mol. The molecule has 46 heavy (non-hydrogen) atoms. The van der Waals surface area contributed by atoms with E-state index in [0.717, 1.165) is 54.9 Å². The number of likely N-dealkylation sites (tertiary alicyclic amines) is 1. The van der Waals surface area contributed by atoms with E-state index >= 15 is 0 Å². The van der Waals surface area contributed by atoms with Crippen LogP contribution in [0.3, 0.4) is 0 Å². The van der Waals surface area contributed by atoms with E-state index in [-0.39, 0.29) is 13.2 Å². The fourth-order valence-corrected chi connectivity index (χ4v) is 6.54. The number of ether oxygens (including phenoxy) is 2. The van der Waals surface area contributed by atoms with E-state index < -0.39 is 11.5 Å². The highest BCUT2D eigenvalue weighted by atomic mass is 16.6. The lowest BCUT2D eigenvalue weighted by molar-refractivity contribution is -0.109. The van der Waals surface area contributed by atoms with Crippen molar-refractivity contribution in [3.05, 3.63) is 138 Å². The molecule has 7 nitrogen and oxygen atoms in total. The molecular weight excluding hydrogens is 574 g/mol. The Morgan fingerprint density at radius 3 is 2.02 bits per heavy atom. The normalized spacial score (nSPS) is 14.0. The maximum atomic E-state index is 13.2. The zero-order chi connectivity index (χ0) is 32.0. The summed E-state index contributed by atoms with van der Waals surface area (Å²) in [6.45, 7) is 3.57. The van der Waals surface area contributed by atoms with E-state index in [1.54, 1.807) is 7.11 Å². The van der Waals surface area contributed by atoms with E-state index in [1.807, 2.05) is 36.4 Å². The molecule has 0 bridgehead atoms. The Morgan fingerprint density at radius 2 is 1.46 bits per heavy atom. The van der Waals surface area contributed by atoms with Crippen LogP contribution in [-0.4, -0.2) is 62.1 Å². The second-order valence-electron chi connectivity index (χ2n) is 12.0. The van der Waals surface area contributed by atoms with Gasteiger partial charge in [0.25, 0.3) is 0 Å². The number of hydrazine groups is 1. The van der Waals surface area contributed by atoms with Gasteiger partial charge in [0.2, 0.25) is 0 Å². The van der Waals surface area contributed by atoms with Crippen LogP contribution < -0.4 is 10.2 Å². The predicted octanol–water partition coefficient (Wildman–Crippen LogP) is 6.98. The van der Waals surface area contributed by atoms with Crippen molar-refractivity contribution in [2.24, 2.45) is 0 Å². The van der Waals surface area contributed by atoms with Crippen molar-refractivity contribution in [1.29, 1.82) is 0 Å². The van der Waals surface area contributed by atoms with Gasteiger partial charge in [-0.05, 0) is 85.6 Å². The van der Waals surface area contributed by atoms with Gasteiger partial charge >= 0.3 is 6.09 Å². The first-order valence-corrected chi connectivity index (χ1v) is 16.2. The highest BCUT2D eigenvalue weighted by molar-refractivity contribution is 5.70. The van der Waals surface area contributed by atoms with Crippen molar-refractivity contribution >= 4 is 12.4 Å². The van der Waals surface area contributed by atoms with Crippen LogP contribution in [-0.2, 0) is 21.6 Å². The number of benzene rings is 4. The molecule has 4 aromatic carbocycles. The molecule has 1 N–H and O–H groups in total. The monoisotopic (exact) mass is 619 g/mol. The number of methoxy groups -OCH3 is 1. The smallest absolute Gasteiger partial charge is 0.424 e. The van der Waals surface area contributed by atoms with Gasteiger partial charge in [-0.3, -0.25) is 0 Å². The molecule has 0 aliphatic carbocycles. The highest BCUT2D eigenvalue weighted by Gasteiger charge is 2.35. The first-order chi connectivity index (χ1) is 22.6. The second kappa shape index (κ2) is 16.7. The molecule has 0 saturated carbocycles. The number of nitrogens with zero attached hydrogens (tertiary/aromatic N) is 2. The van der Waals surface area contributed by atoms with Crippen LogP contribution in [0.4, 0.5) is 4.79 Å². The minimum Gasteiger partial charge on any atom is -0.497 e. The lowest BCUT2D eigenvalue weighted by atomic mass is 9.71. The zero-order valence-electron chi connectivity index (χ0n) is 26.7. The summed E-state index contributed by atoms with van der Waals surface area (Å²) in [5, 5.41) is 1.28. The summed E-state index contributed by atoms with van der Waals surface area (Å²) in [6.07, 6.45) is 4.31. The summed E-state index contributed by atoms with van der Waals surface area (Å²) in [5.41, 5.74) is 7.48. The van der Waals surface area contributed by atoms with Crippen LogP contribution in [0, 0.1) is 0 Å². The molecule has 0 aromatic heterocycles. The molecular formula is C39H45N3O4. The van der Waals surface area contributed by atoms with Gasteiger partial charge in [0.05, 0.1) is 13.7 Å². The molecule has 0 radical (unpaired) electrons. The van der Waals surface area contributed by atoms with Gasteiger partial charge in [0.15, 0.2) is 0 Å². The summed E-state index contributed by atoms with van der Waals surface area (Å²) in [6, 6.07) is 39.2. The lowest BCUT2D eigenvalue weighted by Gasteiger charge is -2.38. The van der Waals surface area contributed by atoms with E-state index in [4.69, 9.17) is 9.47 Å². The van der Waals surface area contributed by atoms with Crippen LogP contribution >= 0.6 is 0 Å². The Kier molecular flexibility index (Phi) is 12.0. The predicted molar refractivity (Wildman–Crippen MR) is 182 cm³/mol. The Morgan fingerprint density at radius 1 is 0.870 bits per heavy atom. The number of rotatable bonds is 15. The molecule has 7 heteroatoms. The lowest BCUT2D eigenvalue weighted by Crippen LogP contribution is -2.51. The minimum absolute atomic E-state index is 0.0866. The molecule has 0 unspecified atom stereocenters. The number of hydrogen-bond acceptors (Lipinski definition) is 6. The molecule has 0 atom stereocenters. The molecule has 4 aromatic rings. The van der Waals surface area contributed by atoms with Crippen molar-refractivity contribution in [2.45, 2.75) is 43.6 Å². The van der Waals surface area contributed by atoms with Gasteiger partial charge in [-0.15, -0.1) is 0 Å². The van der Waals surface area contributed by atoms with E-state index in [9.17, 15) is 9.59 Å².